The van der Waals surface area contributed by atoms with Gasteiger partial charge in [0.1, 0.15) is 11.5 Å². The number of hydrogen-bond acceptors (Lipinski definition) is 5. The summed E-state index contributed by atoms with van der Waals surface area (Å²) in [6.07, 6.45) is 1.66. The monoisotopic (exact) mass is 431 g/mol. The fourth-order valence-electron chi connectivity index (χ4n) is 3.69. The van der Waals surface area contributed by atoms with Crippen molar-refractivity contribution in [3.63, 3.8) is 0 Å². The highest BCUT2D eigenvalue weighted by Gasteiger charge is 2.20. The Bertz CT molecular complexity index is 1330. The minimum atomic E-state index is -0.311. The van der Waals surface area contributed by atoms with Crippen molar-refractivity contribution in [2.45, 2.75) is 33.7 Å². The summed E-state index contributed by atoms with van der Waals surface area (Å²) in [7, 11) is 1.56. The van der Waals surface area contributed by atoms with Crippen LogP contribution in [-0.2, 0) is 0 Å². The molecule has 8 nitrogen and oxygen atoms in total. The normalized spacial score (nSPS) is 11.2. The number of nitrogens with one attached hydrogen (secondary N) is 2. The van der Waals surface area contributed by atoms with Gasteiger partial charge < -0.3 is 15.1 Å². The first-order valence-electron chi connectivity index (χ1n) is 10.4. The maximum absolute atomic E-state index is 13.3. The van der Waals surface area contributed by atoms with Crippen LogP contribution < -0.4 is 10.6 Å². The number of aryl methyl sites for hydroxylation is 2. The van der Waals surface area contributed by atoms with Gasteiger partial charge in [-0.25, -0.2) is 9.67 Å². The lowest BCUT2D eigenvalue weighted by atomic mass is 10.1. The molecule has 0 atom stereocenters. The second-order valence-electron chi connectivity index (χ2n) is 7.92. The smallest absolute Gasteiger partial charge is 0.256 e. The van der Waals surface area contributed by atoms with Crippen LogP contribution in [0.4, 0.5) is 5.69 Å². The zero-order valence-corrected chi connectivity index (χ0v) is 18.7. The van der Waals surface area contributed by atoms with Crippen LogP contribution in [0.2, 0.25) is 0 Å². The molecule has 0 aliphatic carbocycles. The molecule has 4 aromatic rings. The van der Waals surface area contributed by atoms with E-state index in [1.807, 2.05) is 33.8 Å². The van der Waals surface area contributed by atoms with Gasteiger partial charge in [0.25, 0.3) is 11.8 Å². The first kappa shape index (κ1) is 21.3. The molecular formula is C24H25N5O3. The lowest BCUT2D eigenvalue weighted by molar-refractivity contribution is 0.0961. The maximum atomic E-state index is 13.3. The van der Waals surface area contributed by atoms with Gasteiger partial charge in [0.05, 0.1) is 22.8 Å². The van der Waals surface area contributed by atoms with Crippen LogP contribution in [0.5, 0.6) is 0 Å². The average Bonchev–Trinajstić information content (AvgIpc) is 3.35. The maximum Gasteiger partial charge on any atom is 0.256 e. The number of carbonyl (C=O) groups is 2. The molecule has 3 aromatic heterocycles. The number of hydrogen-bond donors (Lipinski definition) is 2. The van der Waals surface area contributed by atoms with Crippen molar-refractivity contribution in [2.75, 3.05) is 12.4 Å². The van der Waals surface area contributed by atoms with Crippen LogP contribution in [0.15, 0.2) is 47.0 Å². The van der Waals surface area contributed by atoms with Crippen molar-refractivity contribution in [2.24, 2.45) is 0 Å². The number of fused-ring (bicyclic) bond motifs is 1. The molecule has 1 aromatic carbocycles. The number of carbonyl (C=O) groups excluding carboxylic acids is 2. The van der Waals surface area contributed by atoms with E-state index in [2.05, 4.69) is 15.7 Å². The molecule has 164 valence electrons. The van der Waals surface area contributed by atoms with E-state index < -0.39 is 0 Å². The summed E-state index contributed by atoms with van der Waals surface area (Å²) < 4.78 is 7.48. The molecule has 0 aliphatic rings. The summed E-state index contributed by atoms with van der Waals surface area (Å²) in [4.78, 5) is 30.1. The Labute approximate surface area is 185 Å². The summed E-state index contributed by atoms with van der Waals surface area (Å²) in [5.74, 6) is 0.968. The molecule has 0 saturated heterocycles. The van der Waals surface area contributed by atoms with Crippen LogP contribution in [0.1, 0.15) is 52.1 Å². The Morgan fingerprint density at radius 3 is 2.53 bits per heavy atom. The van der Waals surface area contributed by atoms with E-state index in [4.69, 9.17) is 9.40 Å². The predicted octanol–water partition coefficient (Wildman–Crippen LogP) is 4.50. The van der Waals surface area contributed by atoms with E-state index >= 15 is 0 Å². The van der Waals surface area contributed by atoms with Crippen LogP contribution in [-0.4, -0.2) is 33.6 Å². The predicted molar refractivity (Wildman–Crippen MR) is 123 cm³/mol. The molecule has 2 amide bonds. The Kier molecular flexibility index (Phi) is 5.52. The lowest BCUT2D eigenvalue weighted by Gasteiger charge is -2.11. The van der Waals surface area contributed by atoms with Crippen LogP contribution in [0.3, 0.4) is 0 Å². The van der Waals surface area contributed by atoms with Gasteiger partial charge in [0.2, 0.25) is 0 Å². The number of rotatable bonds is 5. The Balaban J connectivity index is 1.81. The van der Waals surface area contributed by atoms with Crippen LogP contribution >= 0.6 is 0 Å². The second-order valence-corrected chi connectivity index (χ2v) is 7.92. The van der Waals surface area contributed by atoms with Crippen LogP contribution in [0.25, 0.3) is 22.3 Å². The third kappa shape index (κ3) is 3.87. The SMILES string of the molecule is CNC(=O)c1cccc(NC(=O)c2cc(-c3cc(C)oc3C)nc3c2cnn3C(C)C)c1. The Morgan fingerprint density at radius 1 is 1.09 bits per heavy atom. The highest BCUT2D eigenvalue weighted by molar-refractivity contribution is 6.13. The molecule has 32 heavy (non-hydrogen) atoms. The number of amides is 2. The molecule has 0 bridgehead atoms. The van der Waals surface area contributed by atoms with Gasteiger partial charge >= 0.3 is 0 Å². The fourth-order valence-corrected chi connectivity index (χ4v) is 3.69. The molecule has 8 heteroatoms. The van der Waals surface area contributed by atoms with E-state index in [1.54, 1.807) is 48.3 Å². The summed E-state index contributed by atoms with van der Waals surface area (Å²) in [5, 5.41) is 10.6. The van der Waals surface area contributed by atoms with Gasteiger partial charge in [-0.2, -0.15) is 5.10 Å². The van der Waals surface area contributed by atoms with Gasteiger partial charge in [-0.3, -0.25) is 9.59 Å². The number of aromatic nitrogens is 3. The lowest BCUT2D eigenvalue weighted by Crippen LogP contribution is -2.18. The fraction of sp³-hybridized carbons (Fsp3) is 0.250. The van der Waals surface area contributed by atoms with E-state index in [0.29, 0.717) is 33.5 Å². The largest absolute Gasteiger partial charge is 0.466 e. The standard InChI is InChI=1S/C24H25N5O3/c1-13(2)29-22-20(12-26-29)19(11-21(28-22)18-9-14(3)32-15(18)4)24(31)27-17-8-6-7-16(10-17)23(30)25-5/h6-13H,1-5H3,(H,25,30)(H,27,31). The van der Waals surface area contributed by atoms with E-state index in [-0.39, 0.29) is 17.9 Å². The first-order valence-corrected chi connectivity index (χ1v) is 10.4. The van der Waals surface area contributed by atoms with E-state index in [1.165, 1.54) is 0 Å². The van der Waals surface area contributed by atoms with Gasteiger partial charge in [-0.15, -0.1) is 0 Å². The Morgan fingerprint density at radius 2 is 1.88 bits per heavy atom. The summed E-state index contributed by atoms with van der Waals surface area (Å²) in [6, 6.07) is 10.5. The summed E-state index contributed by atoms with van der Waals surface area (Å²) in [5.41, 5.74) is 3.52. The Hall–Kier alpha value is -3.94. The molecular weight excluding hydrogens is 406 g/mol. The highest BCUT2D eigenvalue weighted by Crippen LogP contribution is 2.30. The van der Waals surface area contributed by atoms with Gasteiger partial charge in [0.15, 0.2) is 5.65 Å². The molecule has 4 rings (SSSR count). The van der Waals surface area contributed by atoms with Crippen molar-refractivity contribution in [3.05, 3.63) is 65.2 Å². The minimum absolute atomic E-state index is 0.0718. The molecule has 0 aliphatic heterocycles. The molecule has 0 radical (unpaired) electrons. The molecule has 0 spiro atoms. The molecule has 3 heterocycles. The van der Waals surface area contributed by atoms with Crippen LogP contribution in [0, 0.1) is 13.8 Å². The number of anilines is 1. The minimum Gasteiger partial charge on any atom is -0.466 e. The summed E-state index contributed by atoms with van der Waals surface area (Å²) >= 11 is 0. The second kappa shape index (κ2) is 8.30. The van der Waals surface area contributed by atoms with Crippen molar-refractivity contribution < 1.29 is 14.0 Å². The number of benzene rings is 1. The topological polar surface area (TPSA) is 102 Å². The van der Waals surface area contributed by atoms with Gasteiger partial charge in [0, 0.05) is 29.9 Å². The number of nitrogens with zero attached hydrogens (tertiary/aromatic N) is 3. The molecule has 2 N–H and O–H groups in total. The third-order valence-electron chi connectivity index (χ3n) is 5.23. The zero-order valence-electron chi connectivity index (χ0n) is 18.7. The average molecular weight is 431 g/mol. The molecule has 0 unspecified atom stereocenters. The first-order chi connectivity index (χ1) is 15.3. The van der Waals surface area contributed by atoms with Crippen molar-refractivity contribution >= 4 is 28.5 Å². The summed E-state index contributed by atoms with van der Waals surface area (Å²) in [6.45, 7) is 7.77. The van der Waals surface area contributed by atoms with E-state index in [0.717, 1.165) is 17.1 Å². The quantitative estimate of drug-likeness (QED) is 0.484. The van der Waals surface area contributed by atoms with E-state index in [9.17, 15) is 9.59 Å². The van der Waals surface area contributed by atoms with Gasteiger partial charge in [-0.1, -0.05) is 6.07 Å². The molecule has 0 fully saturated rings. The van der Waals surface area contributed by atoms with Crippen molar-refractivity contribution in [1.29, 1.82) is 0 Å². The zero-order chi connectivity index (χ0) is 23.0. The van der Waals surface area contributed by atoms with Crippen molar-refractivity contribution in [1.82, 2.24) is 20.1 Å². The van der Waals surface area contributed by atoms with Gasteiger partial charge in [-0.05, 0) is 58.0 Å². The third-order valence-corrected chi connectivity index (χ3v) is 5.23. The highest BCUT2D eigenvalue weighted by atomic mass is 16.3. The number of pyridine rings is 1. The number of furan rings is 1. The molecule has 0 saturated carbocycles. The van der Waals surface area contributed by atoms with Crippen molar-refractivity contribution in [3.8, 4) is 11.3 Å².